The van der Waals surface area contributed by atoms with Crippen LogP contribution in [0.2, 0.25) is 0 Å². The van der Waals surface area contributed by atoms with Gasteiger partial charge in [0.05, 0.1) is 22.2 Å². The lowest BCUT2D eigenvalue weighted by atomic mass is 10.1. The largest absolute Gasteiger partial charge is 0.332 e. The third kappa shape index (κ3) is 3.96. The zero-order valence-electron chi connectivity index (χ0n) is 18.5. The maximum absolute atomic E-state index is 12.9. The number of rotatable bonds is 6. The van der Waals surface area contributed by atoms with E-state index in [9.17, 15) is 22.8 Å². The van der Waals surface area contributed by atoms with Crippen LogP contribution in [-0.4, -0.2) is 45.8 Å². The van der Waals surface area contributed by atoms with E-state index in [0.717, 1.165) is 4.57 Å². The summed E-state index contributed by atoms with van der Waals surface area (Å²) >= 11 is 0. The van der Waals surface area contributed by atoms with Crippen LogP contribution in [0.3, 0.4) is 0 Å². The van der Waals surface area contributed by atoms with Gasteiger partial charge in [-0.3, -0.25) is 18.7 Å². The first-order valence-corrected chi connectivity index (χ1v) is 11.4. The highest BCUT2D eigenvalue weighted by Gasteiger charge is 2.23. The number of hydrogen-bond donors (Lipinski definition) is 1. The van der Waals surface area contributed by atoms with Gasteiger partial charge < -0.3 is 5.32 Å². The fraction of sp³-hybridized carbons (Fsp3) is 0.333. The molecule has 2 aromatic heterocycles. The second-order valence-electron chi connectivity index (χ2n) is 7.32. The van der Waals surface area contributed by atoms with Gasteiger partial charge in [0, 0.05) is 32.7 Å². The molecule has 0 unspecified atom stereocenters. The van der Waals surface area contributed by atoms with Crippen molar-refractivity contribution >= 4 is 32.7 Å². The second kappa shape index (κ2) is 8.67. The number of nitrogens with one attached hydrogen (secondary N) is 1. The molecule has 1 aromatic carbocycles. The molecule has 11 heteroatoms. The van der Waals surface area contributed by atoms with Gasteiger partial charge in [0.25, 0.3) is 11.5 Å². The number of pyridine rings is 1. The Morgan fingerprint density at radius 2 is 1.75 bits per heavy atom. The molecule has 0 aliphatic rings. The van der Waals surface area contributed by atoms with Crippen LogP contribution in [0.25, 0.3) is 11.0 Å². The first-order chi connectivity index (χ1) is 15.0. The molecule has 170 valence electrons. The minimum Gasteiger partial charge on any atom is -0.321 e. The van der Waals surface area contributed by atoms with Crippen molar-refractivity contribution in [3.8, 4) is 0 Å². The van der Waals surface area contributed by atoms with Crippen molar-refractivity contribution < 1.29 is 13.2 Å². The van der Waals surface area contributed by atoms with Gasteiger partial charge in [0.2, 0.25) is 10.0 Å². The summed E-state index contributed by atoms with van der Waals surface area (Å²) in [5, 5.41) is 2.83. The van der Waals surface area contributed by atoms with Crippen LogP contribution in [0.15, 0.2) is 44.9 Å². The summed E-state index contributed by atoms with van der Waals surface area (Å²) in [6.45, 7) is 5.82. The third-order valence-corrected chi connectivity index (χ3v) is 7.39. The van der Waals surface area contributed by atoms with Crippen LogP contribution in [0, 0.1) is 6.92 Å². The molecule has 0 saturated heterocycles. The smallest absolute Gasteiger partial charge is 0.321 e. The Morgan fingerprint density at radius 1 is 1.09 bits per heavy atom. The number of amides is 1. The molecule has 0 aliphatic carbocycles. The van der Waals surface area contributed by atoms with Crippen LogP contribution in [0.4, 0.5) is 5.69 Å². The van der Waals surface area contributed by atoms with Crippen LogP contribution in [-0.2, 0) is 24.1 Å². The molecule has 0 atom stereocenters. The molecular formula is C21H25N5O5S. The fourth-order valence-electron chi connectivity index (χ4n) is 3.45. The number of aromatic nitrogens is 3. The van der Waals surface area contributed by atoms with Crippen LogP contribution in [0.5, 0.6) is 0 Å². The lowest BCUT2D eigenvalue weighted by Crippen LogP contribution is -2.37. The van der Waals surface area contributed by atoms with Gasteiger partial charge in [-0.2, -0.15) is 4.31 Å². The number of benzene rings is 1. The number of aryl methyl sites for hydroxylation is 2. The topological polar surface area (TPSA) is 123 Å². The lowest BCUT2D eigenvalue weighted by Gasteiger charge is -2.19. The number of sulfonamides is 1. The Labute approximate surface area is 185 Å². The maximum atomic E-state index is 12.9. The predicted octanol–water partition coefficient (Wildman–Crippen LogP) is 1.22. The van der Waals surface area contributed by atoms with Crippen molar-refractivity contribution in [1.29, 1.82) is 0 Å². The minimum absolute atomic E-state index is 0.0254. The van der Waals surface area contributed by atoms with Gasteiger partial charge in [-0.05, 0) is 30.7 Å². The van der Waals surface area contributed by atoms with Gasteiger partial charge in [0.15, 0.2) is 0 Å². The monoisotopic (exact) mass is 459 g/mol. The molecule has 0 spiro atoms. The van der Waals surface area contributed by atoms with E-state index in [0.29, 0.717) is 18.7 Å². The van der Waals surface area contributed by atoms with Gasteiger partial charge in [0.1, 0.15) is 5.65 Å². The number of fused-ring (bicyclic) bond motifs is 1. The van der Waals surface area contributed by atoms with Crippen LogP contribution >= 0.6 is 0 Å². The highest BCUT2D eigenvalue weighted by Crippen LogP contribution is 2.21. The molecule has 0 radical (unpaired) electrons. The Hall–Kier alpha value is -3.31. The molecule has 3 aromatic rings. The van der Waals surface area contributed by atoms with Crippen molar-refractivity contribution in [2.45, 2.75) is 25.7 Å². The minimum atomic E-state index is -3.73. The summed E-state index contributed by atoms with van der Waals surface area (Å²) in [6.07, 6.45) is 1.34. The Balaban J connectivity index is 2.02. The SMILES string of the molecule is CCN(CC)S(=O)(=O)c1ccc(C)c(C(=O)Nc2cnc3c(c2)c(=O)n(C)c(=O)n3C)c1. The number of carbonyl (C=O) groups excluding carboxylic acids is 1. The van der Waals surface area contributed by atoms with Gasteiger partial charge in [-0.25, -0.2) is 18.2 Å². The van der Waals surface area contributed by atoms with Crippen molar-refractivity contribution in [2.75, 3.05) is 18.4 Å². The van der Waals surface area contributed by atoms with E-state index >= 15 is 0 Å². The zero-order chi connectivity index (χ0) is 23.8. The summed E-state index contributed by atoms with van der Waals surface area (Å²) in [5.41, 5.74) is 0.179. The third-order valence-electron chi connectivity index (χ3n) is 5.35. The molecule has 0 saturated carbocycles. The summed E-state index contributed by atoms with van der Waals surface area (Å²) < 4.78 is 29.2. The molecule has 1 N–H and O–H groups in total. The highest BCUT2D eigenvalue weighted by molar-refractivity contribution is 7.89. The average Bonchev–Trinajstić information content (AvgIpc) is 2.76. The normalized spacial score (nSPS) is 11.8. The summed E-state index contributed by atoms with van der Waals surface area (Å²) in [4.78, 5) is 41.6. The fourth-order valence-corrected chi connectivity index (χ4v) is 4.94. The van der Waals surface area contributed by atoms with E-state index in [2.05, 4.69) is 10.3 Å². The van der Waals surface area contributed by atoms with E-state index in [1.54, 1.807) is 26.8 Å². The molecule has 32 heavy (non-hydrogen) atoms. The summed E-state index contributed by atoms with van der Waals surface area (Å²) in [5.74, 6) is -0.540. The number of hydrogen-bond acceptors (Lipinski definition) is 6. The van der Waals surface area contributed by atoms with Gasteiger partial charge >= 0.3 is 5.69 Å². The molecule has 0 aliphatic heterocycles. The molecule has 0 bridgehead atoms. The molecule has 0 fully saturated rings. The van der Waals surface area contributed by atoms with Crippen LogP contribution in [0.1, 0.15) is 29.8 Å². The average molecular weight is 460 g/mol. The van der Waals surface area contributed by atoms with Crippen molar-refractivity contribution in [3.05, 3.63) is 62.4 Å². The number of nitrogens with zero attached hydrogens (tertiary/aromatic N) is 4. The highest BCUT2D eigenvalue weighted by atomic mass is 32.2. The Kier molecular flexibility index (Phi) is 6.33. The van der Waals surface area contributed by atoms with E-state index in [1.165, 1.54) is 47.4 Å². The first-order valence-electron chi connectivity index (χ1n) is 10.0. The summed E-state index contributed by atoms with van der Waals surface area (Å²) in [7, 11) is -0.868. The number of carbonyl (C=O) groups is 1. The lowest BCUT2D eigenvalue weighted by molar-refractivity contribution is 0.102. The van der Waals surface area contributed by atoms with Crippen molar-refractivity contribution in [3.63, 3.8) is 0 Å². The van der Waals surface area contributed by atoms with E-state index < -0.39 is 27.2 Å². The van der Waals surface area contributed by atoms with Crippen LogP contribution < -0.4 is 16.6 Å². The Morgan fingerprint density at radius 3 is 2.38 bits per heavy atom. The standard InChI is InChI=1S/C21H25N5O5S/c1-6-26(7-2)32(30,31)15-9-8-13(3)16(11-15)19(27)23-14-10-17-18(22-12-14)24(4)21(29)25(5)20(17)28/h8-12H,6-7H2,1-5H3,(H,23,27). The molecule has 10 nitrogen and oxygen atoms in total. The van der Waals surface area contributed by atoms with E-state index in [1.807, 2.05) is 0 Å². The quantitative estimate of drug-likeness (QED) is 0.591. The molecule has 2 heterocycles. The van der Waals surface area contributed by atoms with E-state index in [-0.39, 0.29) is 27.2 Å². The van der Waals surface area contributed by atoms with Gasteiger partial charge in [-0.15, -0.1) is 0 Å². The second-order valence-corrected chi connectivity index (χ2v) is 9.26. The maximum Gasteiger partial charge on any atom is 0.332 e. The van der Waals surface area contributed by atoms with E-state index in [4.69, 9.17) is 0 Å². The number of anilines is 1. The molecular weight excluding hydrogens is 434 g/mol. The molecule has 3 rings (SSSR count). The summed E-state index contributed by atoms with van der Waals surface area (Å²) in [6, 6.07) is 5.83. The van der Waals surface area contributed by atoms with Gasteiger partial charge in [-0.1, -0.05) is 19.9 Å². The molecule has 1 amide bonds. The van der Waals surface area contributed by atoms with Crippen molar-refractivity contribution in [2.24, 2.45) is 14.1 Å². The first kappa shape index (κ1) is 23.4. The zero-order valence-corrected chi connectivity index (χ0v) is 19.4. The predicted molar refractivity (Wildman–Crippen MR) is 121 cm³/mol. The Bertz CT molecular complexity index is 1440. The van der Waals surface area contributed by atoms with Crippen molar-refractivity contribution in [1.82, 2.24) is 18.4 Å².